The van der Waals surface area contributed by atoms with Gasteiger partial charge >= 0.3 is 21.3 Å². The smallest absolute Gasteiger partial charge is 0.493 e. The molecule has 1 aromatic carbocycles. The molecule has 150 valence electrons. The van der Waals surface area contributed by atoms with Gasteiger partial charge in [0.25, 0.3) is 0 Å². The summed E-state index contributed by atoms with van der Waals surface area (Å²) in [5.74, 6) is -0.994. The number of hydrogen-bond acceptors (Lipinski definition) is 8. The quantitative estimate of drug-likeness (QED) is 0.317. The third kappa shape index (κ3) is 4.48. The van der Waals surface area contributed by atoms with Gasteiger partial charge in [0.15, 0.2) is 11.5 Å². The Morgan fingerprint density at radius 1 is 1.07 bits per heavy atom. The predicted molar refractivity (Wildman–Crippen MR) is 88.5 cm³/mol. The molecule has 0 aliphatic heterocycles. The van der Waals surface area contributed by atoms with Gasteiger partial charge in [-0.15, -0.1) is 0 Å². The van der Waals surface area contributed by atoms with E-state index in [0.29, 0.717) is 6.20 Å². The van der Waals surface area contributed by atoms with Gasteiger partial charge in [-0.25, -0.2) is 0 Å². The van der Waals surface area contributed by atoms with Gasteiger partial charge in [0.1, 0.15) is 0 Å². The number of nitrogens with zero attached hydrogens (tertiary/aromatic N) is 2. The van der Waals surface area contributed by atoms with E-state index >= 15 is 0 Å². The van der Waals surface area contributed by atoms with E-state index in [4.69, 9.17) is 9.47 Å². The maximum atomic E-state index is 12.4. The molecule has 1 heterocycles. The van der Waals surface area contributed by atoms with Crippen LogP contribution in [0.3, 0.4) is 0 Å². The highest BCUT2D eigenvalue weighted by Crippen LogP contribution is 2.41. The zero-order valence-corrected chi connectivity index (χ0v) is 15.3. The molecule has 1 aromatic heterocycles. The Balaban J connectivity index is 0.00000176. The summed E-state index contributed by atoms with van der Waals surface area (Å²) in [6.45, 7) is 4.00. The Bertz CT molecular complexity index is 946. The van der Waals surface area contributed by atoms with E-state index in [0.717, 1.165) is 6.07 Å². The Morgan fingerprint density at radius 2 is 1.59 bits per heavy atom. The van der Waals surface area contributed by atoms with Crippen molar-refractivity contribution in [3.05, 3.63) is 28.4 Å². The number of fused-ring (bicyclic) bond motifs is 1. The summed E-state index contributed by atoms with van der Waals surface area (Å²) >= 11 is 0. The molecule has 0 N–H and O–H groups in total. The summed E-state index contributed by atoms with van der Waals surface area (Å²) < 4.78 is 73.4. The molecule has 13 heteroatoms. The highest BCUT2D eigenvalue weighted by atomic mass is 32.2. The maximum absolute atomic E-state index is 12.4. The average molecular weight is 412 g/mol. The summed E-state index contributed by atoms with van der Waals surface area (Å²) in [4.78, 5) is 13.9. The average Bonchev–Trinajstić information content (AvgIpc) is 2.60. The number of pyridine rings is 1. The second-order valence-electron chi connectivity index (χ2n) is 4.44. The molecule has 2 aromatic rings. The standard InChI is InChI=1S/C12H9F3N2O7S.C2H6/c1-22-8-3-6-7(4-9(8)23-2)16-5-10(11(6)17(18)19)24-25(20,21)12(13,14)15;1-2/h3-5H,1-2H3;1-2H3. The van der Waals surface area contributed by atoms with Gasteiger partial charge in [0.2, 0.25) is 5.75 Å². The van der Waals surface area contributed by atoms with Crippen LogP contribution in [0, 0.1) is 10.1 Å². The van der Waals surface area contributed by atoms with E-state index in [1.54, 1.807) is 0 Å². The highest BCUT2D eigenvalue weighted by Gasteiger charge is 2.49. The van der Waals surface area contributed by atoms with Crippen molar-refractivity contribution in [1.29, 1.82) is 0 Å². The van der Waals surface area contributed by atoms with Crippen LogP contribution >= 0.6 is 0 Å². The molecule has 2 rings (SSSR count). The summed E-state index contributed by atoms with van der Waals surface area (Å²) in [5, 5.41) is 11.0. The van der Waals surface area contributed by atoms with Crippen LogP contribution in [0.4, 0.5) is 18.9 Å². The number of ether oxygens (including phenoxy) is 2. The molecule has 0 fully saturated rings. The van der Waals surface area contributed by atoms with Crippen molar-refractivity contribution >= 4 is 26.7 Å². The largest absolute Gasteiger partial charge is 0.534 e. The molecule has 0 spiro atoms. The van der Waals surface area contributed by atoms with Gasteiger partial charge in [-0.05, 0) is 0 Å². The molecule has 0 atom stereocenters. The first-order chi connectivity index (χ1) is 12.5. The highest BCUT2D eigenvalue weighted by molar-refractivity contribution is 7.88. The monoisotopic (exact) mass is 412 g/mol. The van der Waals surface area contributed by atoms with Crippen LogP contribution in [0.25, 0.3) is 10.9 Å². The van der Waals surface area contributed by atoms with Gasteiger partial charge in [0.05, 0.1) is 36.2 Å². The fourth-order valence-corrected chi connectivity index (χ4v) is 2.35. The van der Waals surface area contributed by atoms with E-state index in [9.17, 15) is 31.7 Å². The topological polar surface area (TPSA) is 118 Å². The number of methoxy groups -OCH3 is 2. The van der Waals surface area contributed by atoms with Gasteiger partial charge in [0, 0.05) is 12.1 Å². The Kier molecular flexibility index (Phi) is 6.78. The first kappa shape index (κ1) is 22.2. The van der Waals surface area contributed by atoms with Crippen LogP contribution in [0.5, 0.6) is 17.2 Å². The molecular weight excluding hydrogens is 397 g/mol. The summed E-state index contributed by atoms with van der Waals surface area (Å²) in [5.41, 5.74) is -6.81. The lowest BCUT2D eigenvalue weighted by Crippen LogP contribution is -2.28. The minimum atomic E-state index is -6.10. The van der Waals surface area contributed by atoms with Crippen LogP contribution in [0.15, 0.2) is 18.3 Å². The van der Waals surface area contributed by atoms with E-state index in [2.05, 4.69) is 9.17 Å². The maximum Gasteiger partial charge on any atom is 0.534 e. The number of alkyl halides is 3. The van der Waals surface area contributed by atoms with Crippen LogP contribution < -0.4 is 13.7 Å². The molecule has 0 aliphatic carbocycles. The molecule has 0 bridgehead atoms. The van der Waals surface area contributed by atoms with Crippen molar-refractivity contribution in [1.82, 2.24) is 4.98 Å². The molecule has 0 radical (unpaired) electrons. The third-order valence-corrected chi connectivity index (χ3v) is 3.94. The Morgan fingerprint density at radius 3 is 2.04 bits per heavy atom. The third-order valence-electron chi connectivity index (χ3n) is 2.98. The van der Waals surface area contributed by atoms with Crippen molar-refractivity contribution in [3.8, 4) is 17.2 Å². The van der Waals surface area contributed by atoms with E-state index in [1.165, 1.54) is 20.3 Å². The molecule has 9 nitrogen and oxygen atoms in total. The lowest BCUT2D eigenvalue weighted by molar-refractivity contribution is -0.383. The number of rotatable bonds is 5. The Hall–Kier alpha value is -2.83. The predicted octanol–water partition coefficient (Wildman–Crippen LogP) is 3.41. The second-order valence-corrected chi connectivity index (χ2v) is 5.97. The lowest BCUT2D eigenvalue weighted by Gasteiger charge is -2.12. The molecule has 0 amide bonds. The SMILES string of the molecule is CC.COc1cc2ncc(OS(=O)(=O)C(F)(F)F)c([N+](=O)[O-])c2cc1OC. The van der Waals surface area contributed by atoms with Crippen molar-refractivity contribution in [2.24, 2.45) is 0 Å². The first-order valence-corrected chi connectivity index (χ1v) is 8.62. The summed E-state index contributed by atoms with van der Waals surface area (Å²) in [6.07, 6.45) is 0.510. The Labute approximate surface area is 151 Å². The summed E-state index contributed by atoms with van der Waals surface area (Å²) in [6, 6.07) is 2.32. The zero-order valence-electron chi connectivity index (χ0n) is 14.5. The lowest BCUT2D eigenvalue weighted by atomic mass is 10.1. The fourth-order valence-electron chi connectivity index (χ4n) is 1.90. The van der Waals surface area contributed by atoms with Crippen molar-refractivity contribution in [3.63, 3.8) is 0 Å². The van der Waals surface area contributed by atoms with Crippen molar-refractivity contribution in [2.75, 3.05) is 14.2 Å². The summed E-state index contributed by atoms with van der Waals surface area (Å²) in [7, 11) is -3.57. The molecule has 0 unspecified atom stereocenters. The minimum absolute atomic E-state index is 0.0238. The van der Waals surface area contributed by atoms with Crippen molar-refractivity contribution < 1.29 is 40.2 Å². The number of hydrogen-bond donors (Lipinski definition) is 0. The molecule has 0 saturated heterocycles. The normalized spacial score (nSPS) is 11.4. The van der Waals surface area contributed by atoms with Gasteiger partial charge in [-0.1, -0.05) is 13.8 Å². The molecule has 27 heavy (non-hydrogen) atoms. The molecule has 0 aliphatic rings. The van der Waals surface area contributed by atoms with Crippen molar-refractivity contribution in [2.45, 2.75) is 19.4 Å². The van der Waals surface area contributed by atoms with Gasteiger partial charge in [-0.3, -0.25) is 15.1 Å². The van der Waals surface area contributed by atoms with E-state index in [-0.39, 0.29) is 22.4 Å². The molecular formula is C14H15F3N2O7S. The molecule has 0 saturated carbocycles. The van der Waals surface area contributed by atoms with Gasteiger partial charge in [-0.2, -0.15) is 21.6 Å². The number of nitro groups is 1. The van der Waals surface area contributed by atoms with Crippen LogP contribution in [0.2, 0.25) is 0 Å². The van der Waals surface area contributed by atoms with Gasteiger partial charge < -0.3 is 13.7 Å². The van der Waals surface area contributed by atoms with Crippen LogP contribution in [0.1, 0.15) is 13.8 Å². The first-order valence-electron chi connectivity index (χ1n) is 7.21. The van der Waals surface area contributed by atoms with Crippen LogP contribution in [-0.2, 0) is 10.1 Å². The zero-order chi connectivity index (χ0) is 21.0. The number of aromatic nitrogens is 1. The van der Waals surface area contributed by atoms with Crippen LogP contribution in [-0.4, -0.2) is 38.1 Å². The van der Waals surface area contributed by atoms with E-state index in [1.807, 2.05) is 13.8 Å². The number of halogens is 3. The minimum Gasteiger partial charge on any atom is -0.493 e. The van der Waals surface area contributed by atoms with E-state index < -0.39 is 32.0 Å². The number of benzene rings is 1. The fraction of sp³-hybridized carbons (Fsp3) is 0.357. The second kappa shape index (κ2) is 8.24.